The molecule has 0 saturated heterocycles. The zero-order valence-electron chi connectivity index (χ0n) is 17.9. The Labute approximate surface area is 207 Å². The van der Waals surface area contributed by atoms with Crippen LogP contribution in [0.2, 0.25) is 10.0 Å². The Morgan fingerprint density at radius 2 is 1.89 bits per heavy atom. The summed E-state index contributed by atoms with van der Waals surface area (Å²) in [6.45, 7) is 1.48. The van der Waals surface area contributed by atoms with Crippen LogP contribution in [-0.4, -0.2) is 26.3 Å². The molecule has 1 aromatic carbocycles. The molecule has 0 saturated carbocycles. The van der Waals surface area contributed by atoms with Crippen molar-refractivity contribution in [2.75, 3.05) is 7.11 Å². The van der Waals surface area contributed by atoms with Gasteiger partial charge in [-0.25, -0.2) is 8.42 Å². The van der Waals surface area contributed by atoms with Crippen molar-refractivity contribution >= 4 is 39.0 Å². The van der Waals surface area contributed by atoms with Crippen molar-refractivity contribution in [2.45, 2.75) is 24.2 Å². The maximum Gasteiger partial charge on any atom is 0.417 e. The SMILES string of the molecule is COC(NS(=O)(=O)c1ccc(Cl)c(C(F)(F)F)c1)c1cc(Cl)cnc1C(=O)c1cc[n+]([O-])c(C)c1. The Balaban J connectivity index is 2.04. The standard InChI is InChI=1S/C21H16Cl2F3N3O5S/c1-11-7-12(5-6-29(11)31)19(30)18-15(8-13(22)10-27-18)20(34-2)28-35(32,33)14-3-4-17(23)16(9-14)21(24,25)26/h3-10,20,28H,1-2H3. The largest absolute Gasteiger partial charge is 0.619 e. The highest BCUT2D eigenvalue weighted by molar-refractivity contribution is 7.89. The van der Waals surface area contributed by atoms with E-state index >= 15 is 0 Å². The van der Waals surface area contributed by atoms with Crippen LogP contribution in [0.3, 0.4) is 0 Å². The third kappa shape index (κ3) is 5.90. The second kappa shape index (κ2) is 10.1. The Hall–Kier alpha value is -2.77. The van der Waals surface area contributed by atoms with E-state index in [1.54, 1.807) is 0 Å². The molecular weight excluding hydrogens is 534 g/mol. The van der Waals surface area contributed by atoms with E-state index in [0.29, 0.717) is 10.8 Å². The summed E-state index contributed by atoms with van der Waals surface area (Å²) in [5.74, 6) is -0.674. The number of carbonyl (C=O) groups is 1. The molecule has 8 nitrogen and oxygen atoms in total. The number of halogens is 5. The zero-order valence-corrected chi connectivity index (χ0v) is 20.3. The van der Waals surface area contributed by atoms with Gasteiger partial charge in [0.1, 0.15) is 11.9 Å². The summed E-state index contributed by atoms with van der Waals surface area (Å²) < 4.78 is 73.3. The van der Waals surface area contributed by atoms with E-state index < -0.39 is 43.7 Å². The fraction of sp³-hybridized carbons (Fsp3) is 0.190. The molecule has 0 aliphatic rings. The van der Waals surface area contributed by atoms with Gasteiger partial charge in [0.2, 0.25) is 15.8 Å². The van der Waals surface area contributed by atoms with Gasteiger partial charge in [-0.2, -0.15) is 22.6 Å². The van der Waals surface area contributed by atoms with E-state index in [2.05, 4.69) is 9.71 Å². The summed E-state index contributed by atoms with van der Waals surface area (Å²) in [7, 11) is -3.50. The first-order valence-corrected chi connectivity index (χ1v) is 11.8. The van der Waals surface area contributed by atoms with Crippen LogP contribution in [0.25, 0.3) is 0 Å². The number of alkyl halides is 3. The van der Waals surface area contributed by atoms with Crippen LogP contribution in [0.5, 0.6) is 0 Å². The number of sulfonamides is 1. The topological polar surface area (TPSA) is 112 Å². The number of rotatable bonds is 7. The van der Waals surface area contributed by atoms with Gasteiger partial charge in [0.15, 0.2) is 11.9 Å². The van der Waals surface area contributed by atoms with Gasteiger partial charge in [-0.05, 0) is 24.3 Å². The number of ether oxygens (including phenoxy) is 1. The zero-order chi connectivity index (χ0) is 26.1. The highest BCUT2D eigenvalue weighted by atomic mass is 35.5. The first-order valence-electron chi connectivity index (χ1n) is 9.56. The maximum atomic E-state index is 13.2. The second-order valence-electron chi connectivity index (χ2n) is 7.18. The molecule has 0 aliphatic heterocycles. The molecule has 1 atom stereocenters. The van der Waals surface area contributed by atoms with Crippen LogP contribution >= 0.6 is 23.2 Å². The monoisotopic (exact) mass is 549 g/mol. The quantitative estimate of drug-likeness (QED) is 0.204. The van der Waals surface area contributed by atoms with Crippen LogP contribution < -0.4 is 9.45 Å². The average molecular weight is 550 g/mol. The lowest BCUT2D eigenvalue weighted by Crippen LogP contribution is -2.32. The van der Waals surface area contributed by atoms with E-state index in [0.717, 1.165) is 31.6 Å². The summed E-state index contributed by atoms with van der Waals surface area (Å²) in [6.07, 6.45) is -4.19. The molecular formula is C21H16Cl2F3N3O5S. The molecule has 0 radical (unpaired) electrons. The minimum atomic E-state index is -4.89. The fourth-order valence-electron chi connectivity index (χ4n) is 3.06. The van der Waals surface area contributed by atoms with Gasteiger partial charge in [-0.15, -0.1) is 0 Å². The molecule has 0 spiro atoms. The molecule has 0 amide bonds. The van der Waals surface area contributed by atoms with Crippen LogP contribution in [0.1, 0.15) is 39.1 Å². The van der Waals surface area contributed by atoms with Gasteiger partial charge in [0.05, 0.1) is 20.5 Å². The van der Waals surface area contributed by atoms with E-state index in [9.17, 15) is 31.6 Å². The van der Waals surface area contributed by atoms with E-state index in [1.807, 2.05) is 0 Å². The lowest BCUT2D eigenvalue weighted by Gasteiger charge is -2.20. The van der Waals surface area contributed by atoms with Crippen LogP contribution in [0, 0.1) is 12.1 Å². The molecule has 0 fully saturated rings. The molecule has 0 bridgehead atoms. The van der Waals surface area contributed by atoms with Crippen LogP contribution in [0.4, 0.5) is 13.2 Å². The van der Waals surface area contributed by atoms with Crippen molar-refractivity contribution in [1.82, 2.24) is 9.71 Å². The number of pyridine rings is 2. The molecule has 14 heteroatoms. The predicted octanol–water partition coefficient (Wildman–Crippen LogP) is 4.20. The Kier molecular flexibility index (Phi) is 7.72. The van der Waals surface area contributed by atoms with Crippen molar-refractivity contribution < 1.29 is 35.9 Å². The first-order chi connectivity index (χ1) is 16.2. The van der Waals surface area contributed by atoms with Crippen molar-refractivity contribution in [2.24, 2.45) is 0 Å². The molecule has 2 aromatic heterocycles. The first kappa shape index (κ1) is 26.8. The van der Waals surface area contributed by atoms with E-state index in [1.165, 1.54) is 25.1 Å². The van der Waals surface area contributed by atoms with Crippen molar-refractivity contribution in [3.63, 3.8) is 0 Å². The number of aryl methyl sites for hydroxylation is 1. The summed E-state index contributed by atoms with van der Waals surface area (Å²) in [5, 5.41) is 10.9. The van der Waals surface area contributed by atoms with Gasteiger partial charge in [-0.1, -0.05) is 23.2 Å². The smallest absolute Gasteiger partial charge is 0.417 e. The molecule has 3 rings (SSSR count). The molecule has 35 heavy (non-hydrogen) atoms. The van der Waals surface area contributed by atoms with Gasteiger partial charge in [0.25, 0.3) is 0 Å². The number of aromatic nitrogens is 2. The second-order valence-corrected chi connectivity index (χ2v) is 9.74. The predicted molar refractivity (Wildman–Crippen MR) is 119 cm³/mol. The molecule has 1 N–H and O–H groups in total. The number of nitrogens with one attached hydrogen (secondary N) is 1. The summed E-state index contributed by atoms with van der Waals surface area (Å²) >= 11 is 11.6. The molecule has 3 aromatic rings. The minimum absolute atomic E-state index is 0.0327. The average Bonchev–Trinajstić information content (AvgIpc) is 2.78. The van der Waals surface area contributed by atoms with Crippen molar-refractivity contribution in [3.8, 4) is 0 Å². The van der Waals surface area contributed by atoms with Gasteiger partial charge < -0.3 is 9.94 Å². The maximum absolute atomic E-state index is 13.2. The Bertz CT molecular complexity index is 1400. The molecule has 0 aliphatic carbocycles. The lowest BCUT2D eigenvalue weighted by atomic mass is 10.0. The van der Waals surface area contributed by atoms with Crippen LogP contribution in [-0.2, 0) is 20.9 Å². The van der Waals surface area contributed by atoms with E-state index in [-0.39, 0.29) is 27.5 Å². The normalized spacial score (nSPS) is 13.0. The van der Waals surface area contributed by atoms with Gasteiger partial charge in [-0.3, -0.25) is 9.78 Å². The highest BCUT2D eigenvalue weighted by Crippen LogP contribution is 2.36. The Morgan fingerprint density at radius 3 is 2.49 bits per heavy atom. The number of hydrogen-bond acceptors (Lipinski definition) is 6. The van der Waals surface area contributed by atoms with Crippen molar-refractivity contribution in [3.05, 3.63) is 92.1 Å². The van der Waals surface area contributed by atoms with E-state index in [4.69, 9.17) is 27.9 Å². The molecule has 2 heterocycles. The third-order valence-electron chi connectivity index (χ3n) is 4.80. The minimum Gasteiger partial charge on any atom is -0.619 e. The molecule has 186 valence electrons. The van der Waals surface area contributed by atoms with Crippen molar-refractivity contribution in [1.29, 1.82) is 0 Å². The summed E-state index contributed by atoms with van der Waals surface area (Å²) in [5.41, 5.74) is -1.39. The summed E-state index contributed by atoms with van der Waals surface area (Å²) in [4.78, 5) is 16.4. The van der Waals surface area contributed by atoms with Gasteiger partial charge in [0, 0.05) is 43.5 Å². The number of ketones is 1. The number of methoxy groups -OCH3 is 1. The Morgan fingerprint density at radius 1 is 1.20 bits per heavy atom. The van der Waals surface area contributed by atoms with Gasteiger partial charge >= 0.3 is 6.18 Å². The molecule has 1 unspecified atom stereocenters. The lowest BCUT2D eigenvalue weighted by molar-refractivity contribution is -0.612. The number of nitrogens with zero attached hydrogens (tertiary/aromatic N) is 2. The number of hydrogen-bond donors (Lipinski definition) is 1. The summed E-state index contributed by atoms with van der Waals surface area (Å²) in [6, 6.07) is 5.86. The highest BCUT2D eigenvalue weighted by Gasteiger charge is 2.35. The fourth-order valence-corrected chi connectivity index (χ4v) is 4.61. The number of benzene rings is 1. The number of carbonyl (C=O) groups excluding carboxylic acids is 1. The van der Waals surface area contributed by atoms with Crippen LogP contribution in [0.15, 0.2) is 53.7 Å². The third-order valence-corrected chi connectivity index (χ3v) is 6.73.